The summed E-state index contributed by atoms with van der Waals surface area (Å²) in [5.41, 5.74) is 14.6. The van der Waals surface area contributed by atoms with Crippen molar-refractivity contribution in [2.24, 2.45) is 0 Å². The molecule has 1 aromatic heterocycles. The number of para-hydroxylation sites is 1. The number of rotatable bonds is 6. The number of anilines is 5. The van der Waals surface area contributed by atoms with Crippen LogP contribution in [0.5, 0.6) is 0 Å². The minimum Gasteiger partial charge on any atom is -0.355 e. The highest BCUT2D eigenvalue weighted by Gasteiger charge is 2.42. The van der Waals surface area contributed by atoms with Gasteiger partial charge in [0.05, 0.1) is 11.4 Å². The summed E-state index contributed by atoms with van der Waals surface area (Å²) in [7, 11) is 0. The molecule has 0 aliphatic heterocycles. The van der Waals surface area contributed by atoms with Crippen LogP contribution in [0.3, 0.4) is 0 Å². The van der Waals surface area contributed by atoms with Gasteiger partial charge in [0.1, 0.15) is 0 Å². The van der Waals surface area contributed by atoms with Crippen LogP contribution in [-0.2, 0) is 16.2 Å². The summed E-state index contributed by atoms with van der Waals surface area (Å²) in [6.45, 7) is 18.3. The first kappa shape index (κ1) is 31.6. The van der Waals surface area contributed by atoms with Gasteiger partial charge < -0.3 is 14.8 Å². The molecule has 0 amide bonds. The molecular formula is C45H47N3. The second kappa shape index (κ2) is 11.6. The predicted octanol–water partition coefficient (Wildman–Crippen LogP) is 12.6. The lowest BCUT2D eigenvalue weighted by molar-refractivity contribution is 0.590. The van der Waals surface area contributed by atoms with Crippen molar-refractivity contribution in [2.45, 2.75) is 71.6 Å². The zero-order valence-corrected chi connectivity index (χ0v) is 29.6. The highest BCUT2D eigenvalue weighted by molar-refractivity contribution is 5.91. The molecule has 7 rings (SSSR count). The molecule has 1 N–H and O–H groups in total. The molecule has 6 aromatic rings. The van der Waals surface area contributed by atoms with Gasteiger partial charge in [0.15, 0.2) is 0 Å². The van der Waals surface area contributed by atoms with Gasteiger partial charge in [-0.05, 0) is 82.1 Å². The van der Waals surface area contributed by atoms with Gasteiger partial charge in [-0.1, -0.05) is 128 Å². The zero-order chi connectivity index (χ0) is 33.8. The Balaban J connectivity index is 1.41. The molecule has 0 radical (unpaired) electrons. The molecule has 1 aliphatic carbocycles. The summed E-state index contributed by atoms with van der Waals surface area (Å²) in [5, 5.41) is 3.69. The highest BCUT2D eigenvalue weighted by atomic mass is 15.2. The normalized spacial score (nSPS) is 13.6. The SMILES string of the molecule is CC(C)(C)c1ccc(Nc2cccc(N(c3ccc(C(C)(C)C)cc3)c3cn(-c4ccccc4)c4c3C(C)(C)c3ccccc3-4)c2)cc1. The summed E-state index contributed by atoms with van der Waals surface area (Å²) >= 11 is 0. The van der Waals surface area contributed by atoms with Crippen molar-refractivity contribution >= 4 is 28.4 Å². The average Bonchev–Trinajstić information content (AvgIpc) is 3.56. The molecular weight excluding hydrogens is 583 g/mol. The Morgan fingerprint density at radius 3 is 1.83 bits per heavy atom. The van der Waals surface area contributed by atoms with Gasteiger partial charge >= 0.3 is 0 Å². The number of nitrogens with one attached hydrogen (secondary N) is 1. The second-order valence-corrected chi connectivity index (χ2v) is 15.7. The van der Waals surface area contributed by atoms with Crippen molar-refractivity contribution in [3.05, 3.63) is 156 Å². The van der Waals surface area contributed by atoms with Crippen LogP contribution in [0.15, 0.2) is 134 Å². The van der Waals surface area contributed by atoms with E-state index in [2.05, 4.69) is 204 Å². The molecule has 3 heteroatoms. The van der Waals surface area contributed by atoms with Crippen molar-refractivity contribution in [2.75, 3.05) is 10.2 Å². The number of nitrogens with zero attached hydrogens (tertiary/aromatic N) is 2. The summed E-state index contributed by atoms with van der Waals surface area (Å²) in [5.74, 6) is 0. The van der Waals surface area contributed by atoms with E-state index in [1.807, 2.05) is 0 Å². The summed E-state index contributed by atoms with van der Waals surface area (Å²) in [4.78, 5) is 2.45. The van der Waals surface area contributed by atoms with Gasteiger partial charge in [-0.2, -0.15) is 0 Å². The quantitative estimate of drug-likeness (QED) is 0.198. The maximum absolute atomic E-state index is 3.69. The monoisotopic (exact) mass is 629 g/mol. The molecule has 0 bridgehead atoms. The van der Waals surface area contributed by atoms with E-state index in [1.54, 1.807) is 0 Å². The molecule has 0 saturated heterocycles. The third-order valence-electron chi connectivity index (χ3n) is 9.88. The van der Waals surface area contributed by atoms with E-state index in [0.717, 1.165) is 28.4 Å². The van der Waals surface area contributed by atoms with Gasteiger partial charge in [-0.3, -0.25) is 0 Å². The Bertz CT molecular complexity index is 2070. The summed E-state index contributed by atoms with van der Waals surface area (Å²) in [6, 6.07) is 46.4. The van der Waals surface area contributed by atoms with E-state index in [1.165, 1.54) is 39.2 Å². The average molecular weight is 630 g/mol. The molecule has 0 fully saturated rings. The third kappa shape index (κ3) is 5.62. The second-order valence-electron chi connectivity index (χ2n) is 15.7. The van der Waals surface area contributed by atoms with Crippen LogP contribution in [-0.4, -0.2) is 4.57 Å². The zero-order valence-electron chi connectivity index (χ0n) is 29.6. The van der Waals surface area contributed by atoms with E-state index >= 15 is 0 Å². The van der Waals surface area contributed by atoms with Crippen LogP contribution in [0.2, 0.25) is 0 Å². The van der Waals surface area contributed by atoms with Crippen LogP contribution in [0.4, 0.5) is 28.4 Å². The molecule has 48 heavy (non-hydrogen) atoms. The number of hydrogen-bond donors (Lipinski definition) is 1. The Labute approximate surface area is 286 Å². The fourth-order valence-corrected chi connectivity index (χ4v) is 7.19. The van der Waals surface area contributed by atoms with Crippen LogP contribution >= 0.6 is 0 Å². The van der Waals surface area contributed by atoms with Gasteiger partial charge in [0.2, 0.25) is 0 Å². The standard InChI is InChI=1S/C45H47N3/c1-43(2,3)31-21-25-33(26-22-31)46-34-15-14-18-37(29-34)48(36-27-23-32(24-28-36)44(4,5)6)40-30-47(35-16-10-9-11-17-35)42-38-19-12-13-20-39(38)45(7,8)41(40)42/h9-30,46H,1-8H3. The number of benzene rings is 5. The molecule has 242 valence electrons. The number of hydrogen-bond acceptors (Lipinski definition) is 2. The molecule has 1 aliphatic rings. The minimum atomic E-state index is -0.199. The van der Waals surface area contributed by atoms with Gasteiger partial charge in [0.25, 0.3) is 0 Å². The molecule has 1 heterocycles. The van der Waals surface area contributed by atoms with Gasteiger partial charge in [0, 0.05) is 51.2 Å². The smallest absolute Gasteiger partial charge is 0.0689 e. The summed E-state index contributed by atoms with van der Waals surface area (Å²) in [6.07, 6.45) is 2.35. The van der Waals surface area contributed by atoms with Crippen molar-refractivity contribution in [1.29, 1.82) is 0 Å². The van der Waals surface area contributed by atoms with E-state index in [0.29, 0.717) is 0 Å². The van der Waals surface area contributed by atoms with E-state index in [-0.39, 0.29) is 16.2 Å². The number of aromatic nitrogens is 1. The van der Waals surface area contributed by atoms with E-state index in [4.69, 9.17) is 0 Å². The first-order chi connectivity index (χ1) is 22.8. The molecule has 3 nitrogen and oxygen atoms in total. The Hall–Kier alpha value is -5.02. The van der Waals surface area contributed by atoms with Crippen molar-refractivity contribution in [1.82, 2.24) is 4.57 Å². The highest BCUT2D eigenvalue weighted by Crippen LogP contribution is 2.56. The van der Waals surface area contributed by atoms with E-state index < -0.39 is 0 Å². The molecule has 0 saturated carbocycles. The minimum absolute atomic E-state index is 0.0667. The van der Waals surface area contributed by atoms with Crippen LogP contribution in [0.25, 0.3) is 16.9 Å². The molecule has 5 aromatic carbocycles. The first-order valence-electron chi connectivity index (χ1n) is 17.1. The fourth-order valence-electron chi connectivity index (χ4n) is 7.19. The molecule has 0 spiro atoms. The molecule has 0 atom stereocenters. The lowest BCUT2D eigenvalue weighted by atomic mass is 9.82. The Kier molecular flexibility index (Phi) is 7.63. The maximum atomic E-state index is 3.69. The lowest BCUT2D eigenvalue weighted by Crippen LogP contribution is -2.20. The lowest BCUT2D eigenvalue weighted by Gasteiger charge is -2.30. The molecule has 0 unspecified atom stereocenters. The van der Waals surface area contributed by atoms with Gasteiger partial charge in [-0.15, -0.1) is 0 Å². The maximum Gasteiger partial charge on any atom is 0.0689 e. The van der Waals surface area contributed by atoms with Crippen molar-refractivity contribution in [3.8, 4) is 16.9 Å². The van der Waals surface area contributed by atoms with Crippen molar-refractivity contribution < 1.29 is 0 Å². The topological polar surface area (TPSA) is 20.2 Å². The van der Waals surface area contributed by atoms with Crippen LogP contribution < -0.4 is 10.2 Å². The van der Waals surface area contributed by atoms with Crippen LogP contribution in [0.1, 0.15) is 77.6 Å². The Morgan fingerprint density at radius 1 is 0.583 bits per heavy atom. The number of fused-ring (bicyclic) bond motifs is 3. The first-order valence-corrected chi connectivity index (χ1v) is 17.1. The largest absolute Gasteiger partial charge is 0.355 e. The van der Waals surface area contributed by atoms with Crippen LogP contribution in [0, 0.1) is 0 Å². The third-order valence-corrected chi connectivity index (χ3v) is 9.88. The fraction of sp³-hybridized carbons (Fsp3) is 0.244. The Morgan fingerprint density at radius 2 is 1.19 bits per heavy atom. The van der Waals surface area contributed by atoms with Crippen molar-refractivity contribution in [3.63, 3.8) is 0 Å². The predicted molar refractivity (Wildman–Crippen MR) is 205 cm³/mol. The summed E-state index contributed by atoms with van der Waals surface area (Å²) < 4.78 is 2.40. The van der Waals surface area contributed by atoms with E-state index in [9.17, 15) is 0 Å². The van der Waals surface area contributed by atoms with Gasteiger partial charge in [-0.25, -0.2) is 0 Å².